The first kappa shape index (κ1) is 23.3. The zero-order chi connectivity index (χ0) is 19.9. The summed E-state index contributed by atoms with van der Waals surface area (Å²) in [5.41, 5.74) is 0.916. The van der Waals surface area contributed by atoms with Crippen LogP contribution in [0, 0.1) is 10.1 Å². The number of halogens is 1. The Bertz CT molecular complexity index is 837. The van der Waals surface area contributed by atoms with Gasteiger partial charge in [-0.25, -0.2) is 9.98 Å². The Morgan fingerprint density at radius 3 is 2.69 bits per heavy atom. The Balaban J connectivity index is 0.00000300. The van der Waals surface area contributed by atoms with Gasteiger partial charge in [-0.15, -0.1) is 24.0 Å². The zero-order valence-corrected chi connectivity index (χ0v) is 19.7. The molecule has 1 N–H and O–H groups in total. The standard InChI is InChI=1S/C18H25N7O2S.HI/c1-3-16-21-18(28-22-16)24-10-8-23(9-11-24)17(19-4-2)20-13-14-6-5-7-15(12-14)25(26)27;/h5-7,12H,3-4,8-11,13H2,1-2H3,(H,19,20);1H. The third kappa shape index (κ3) is 6.23. The molecule has 0 atom stereocenters. The Morgan fingerprint density at radius 1 is 1.31 bits per heavy atom. The highest BCUT2D eigenvalue weighted by Crippen LogP contribution is 2.19. The minimum Gasteiger partial charge on any atom is -0.357 e. The Labute approximate surface area is 191 Å². The predicted octanol–water partition coefficient (Wildman–Crippen LogP) is 2.91. The molecule has 158 valence electrons. The molecule has 1 saturated heterocycles. The molecule has 1 aromatic carbocycles. The Hall–Kier alpha value is -2.02. The molecule has 9 nitrogen and oxygen atoms in total. The van der Waals surface area contributed by atoms with E-state index < -0.39 is 0 Å². The fraction of sp³-hybridized carbons (Fsp3) is 0.500. The molecule has 1 fully saturated rings. The number of aromatic nitrogens is 2. The van der Waals surface area contributed by atoms with Gasteiger partial charge in [-0.2, -0.15) is 4.37 Å². The van der Waals surface area contributed by atoms with Gasteiger partial charge in [0, 0.05) is 62.8 Å². The summed E-state index contributed by atoms with van der Waals surface area (Å²) in [4.78, 5) is 24.3. The number of nitro benzene ring substituents is 1. The normalized spacial score (nSPS) is 14.5. The largest absolute Gasteiger partial charge is 0.357 e. The summed E-state index contributed by atoms with van der Waals surface area (Å²) < 4.78 is 4.37. The number of nitrogens with zero attached hydrogens (tertiary/aromatic N) is 6. The third-order valence-electron chi connectivity index (χ3n) is 4.49. The van der Waals surface area contributed by atoms with Crippen LogP contribution >= 0.6 is 35.5 Å². The number of guanidine groups is 1. The smallest absolute Gasteiger partial charge is 0.269 e. The third-order valence-corrected chi connectivity index (χ3v) is 5.31. The molecular weight excluding hydrogens is 505 g/mol. The van der Waals surface area contributed by atoms with E-state index in [0.29, 0.717) is 6.54 Å². The van der Waals surface area contributed by atoms with Crippen LogP contribution in [0.1, 0.15) is 25.2 Å². The van der Waals surface area contributed by atoms with Crippen molar-refractivity contribution in [2.45, 2.75) is 26.8 Å². The number of benzene rings is 1. The molecule has 0 bridgehead atoms. The number of hydrogen-bond donors (Lipinski definition) is 1. The van der Waals surface area contributed by atoms with Crippen molar-refractivity contribution in [3.8, 4) is 0 Å². The van der Waals surface area contributed by atoms with E-state index in [1.54, 1.807) is 12.1 Å². The maximum absolute atomic E-state index is 10.9. The van der Waals surface area contributed by atoms with Crippen molar-refractivity contribution in [2.24, 2.45) is 4.99 Å². The second-order valence-electron chi connectivity index (χ2n) is 6.42. The highest BCUT2D eigenvalue weighted by Gasteiger charge is 2.22. The highest BCUT2D eigenvalue weighted by molar-refractivity contribution is 14.0. The molecule has 0 amide bonds. The number of aryl methyl sites for hydroxylation is 1. The molecular formula is C18H26IN7O2S. The minimum atomic E-state index is -0.380. The Morgan fingerprint density at radius 2 is 2.07 bits per heavy atom. The van der Waals surface area contributed by atoms with Crippen LogP contribution in [-0.2, 0) is 13.0 Å². The molecule has 0 saturated carbocycles. The molecule has 1 aliphatic heterocycles. The quantitative estimate of drug-likeness (QED) is 0.201. The van der Waals surface area contributed by atoms with Crippen LogP contribution in [0.25, 0.3) is 0 Å². The van der Waals surface area contributed by atoms with Gasteiger partial charge in [-0.05, 0) is 12.5 Å². The maximum Gasteiger partial charge on any atom is 0.269 e. The molecule has 2 heterocycles. The molecule has 2 aromatic rings. The van der Waals surface area contributed by atoms with Crippen LogP contribution in [0.5, 0.6) is 0 Å². The SMILES string of the molecule is CCNC(=NCc1cccc([N+](=O)[O-])c1)N1CCN(c2nc(CC)ns2)CC1.I. The van der Waals surface area contributed by atoms with Crippen LogP contribution in [0.4, 0.5) is 10.8 Å². The van der Waals surface area contributed by atoms with E-state index in [-0.39, 0.29) is 34.6 Å². The second-order valence-corrected chi connectivity index (χ2v) is 7.15. The molecule has 0 radical (unpaired) electrons. The summed E-state index contributed by atoms with van der Waals surface area (Å²) in [6.45, 7) is 8.66. The van der Waals surface area contributed by atoms with E-state index in [9.17, 15) is 10.1 Å². The summed E-state index contributed by atoms with van der Waals surface area (Å²) in [5.74, 6) is 1.73. The first-order chi connectivity index (χ1) is 13.6. The second kappa shape index (κ2) is 11.2. The summed E-state index contributed by atoms with van der Waals surface area (Å²) in [6, 6.07) is 6.63. The lowest BCUT2D eigenvalue weighted by Gasteiger charge is -2.36. The number of nitro groups is 1. The van der Waals surface area contributed by atoms with Crippen LogP contribution in [0.3, 0.4) is 0 Å². The number of aliphatic imine (C=N–C) groups is 1. The van der Waals surface area contributed by atoms with Crippen LogP contribution in [0.2, 0.25) is 0 Å². The first-order valence-corrected chi connectivity index (χ1v) is 10.2. The van der Waals surface area contributed by atoms with Crippen LogP contribution < -0.4 is 10.2 Å². The predicted molar refractivity (Wildman–Crippen MR) is 126 cm³/mol. The average molecular weight is 531 g/mol. The van der Waals surface area contributed by atoms with Gasteiger partial charge < -0.3 is 15.1 Å². The van der Waals surface area contributed by atoms with Gasteiger partial charge in [0.2, 0.25) is 5.13 Å². The van der Waals surface area contributed by atoms with E-state index in [1.165, 1.54) is 17.6 Å². The number of non-ortho nitro benzene ring substituents is 1. The number of anilines is 1. The van der Waals surface area contributed by atoms with E-state index >= 15 is 0 Å². The summed E-state index contributed by atoms with van der Waals surface area (Å²) in [5, 5.41) is 15.3. The van der Waals surface area contributed by atoms with Crippen molar-refractivity contribution in [1.82, 2.24) is 19.6 Å². The maximum atomic E-state index is 10.9. The van der Waals surface area contributed by atoms with Crippen LogP contribution in [0.15, 0.2) is 29.3 Å². The lowest BCUT2D eigenvalue weighted by Crippen LogP contribution is -2.52. The average Bonchev–Trinajstić information content (AvgIpc) is 3.21. The van der Waals surface area contributed by atoms with Gasteiger partial charge in [0.1, 0.15) is 5.82 Å². The Kier molecular flexibility index (Phi) is 9.01. The van der Waals surface area contributed by atoms with Gasteiger partial charge in [0.15, 0.2) is 5.96 Å². The lowest BCUT2D eigenvalue weighted by atomic mass is 10.2. The first-order valence-electron chi connectivity index (χ1n) is 9.44. The van der Waals surface area contributed by atoms with E-state index in [2.05, 4.69) is 36.4 Å². The molecule has 1 aliphatic rings. The molecule has 0 unspecified atom stereocenters. The summed E-state index contributed by atoms with van der Waals surface area (Å²) in [6.07, 6.45) is 0.853. The lowest BCUT2D eigenvalue weighted by molar-refractivity contribution is -0.384. The molecule has 0 spiro atoms. The summed E-state index contributed by atoms with van der Waals surface area (Å²) >= 11 is 1.46. The molecule has 11 heteroatoms. The van der Waals surface area contributed by atoms with E-state index in [1.807, 2.05) is 13.0 Å². The number of piperazine rings is 1. The zero-order valence-electron chi connectivity index (χ0n) is 16.6. The van der Waals surface area contributed by atoms with Gasteiger partial charge >= 0.3 is 0 Å². The van der Waals surface area contributed by atoms with Crippen LogP contribution in [-0.4, -0.2) is 57.9 Å². The fourth-order valence-corrected chi connectivity index (χ4v) is 3.79. The van der Waals surface area contributed by atoms with E-state index in [4.69, 9.17) is 0 Å². The molecule has 3 rings (SSSR count). The molecule has 0 aliphatic carbocycles. The van der Waals surface area contributed by atoms with Gasteiger partial charge in [-0.3, -0.25) is 10.1 Å². The van der Waals surface area contributed by atoms with Crippen molar-refractivity contribution in [3.05, 3.63) is 45.8 Å². The van der Waals surface area contributed by atoms with Crippen molar-refractivity contribution in [1.29, 1.82) is 0 Å². The number of hydrogen-bond acceptors (Lipinski definition) is 7. The minimum absolute atomic E-state index is 0. The number of nitrogens with one attached hydrogen (secondary N) is 1. The van der Waals surface area contributed by atoms with E-state index in [0.717, 1.165) is 61.6 Å². The van der Waals surface area contributed by atoms with Gasteiger partial charge in [-0.1, -0.05) is 19.1 Å². The fourth-order valence-electron chi connectivity index (χ4n) is 2.99. The van der Waals surface area contributed by atoms with Gasteiger partial charge in [0.25, 0.3) is 5.69 Å². The van der Waals surface area contributed by atoms with Crippen molar-refractivity contribution >= 4 is 52.3 Å². The topological polar surface area (TPSA) is 99.8 Å². The van der Waals surface area contributed by atoms with Crippen molar-refractivity contribution in [3.63, 3.8) is 0 Å². The monoisotopic (exact) mass is 531 g/mol. The highest BCUT2D eigenvalue weighted by atomic mass is 127. The summed E-state index contributed by atoms with van der Waals surface area (Å²) in [7, 11) is 0. The van der Waals surface area contributed by atoms with Gasteiger partial charge in [0.05, 0.1) is 11.5 Å². The molecule has 1 aromatic heterocycles. The number of rotatable bonds is 6. The molecule has 29 heavy (non-hydrogen) atoms. The van der Waals surface area contributed by atoms with Crippen molar-refractivity contribution < 1.29 is 4.92 Å². The van der Waals surface area contributed by atoms with Crippen molar-refractivity contribution in [2.75, 3.05) is 37.6 Å².